The second-order valence-corrected chi connectivity index (χ2v) is 7.74. The van der Waals surface area contributed by atoms with Crippen LogP contribution in [0.3, 0.4) is 0 Å². The summed E-state index contributed by atoms with van der Waals surface area (Å²) in [5.41, 5.74) is -0.421. The van der Waals surface area contributed by atoms with Crippen molar-refractivity contribution in [3.63, 3.8) is 0 Å². The fourth-order valence-corrected chi connectivity index (χ4v) is 4.26. The Kier molecular flexibility index (Phi) is 4.36. The number of aliphatic hydroxyl groups is 1. The van der Waals surface area contributed by atoms with Gasteiger partial charge < -0.3 is 15.5 Å². The third-order valence-corrected chi connectivity index (χ3v) is 5.73. The van der Waals surface area contributed by atoms with Gasteiger partial charge in [0.15, 0.2) is 5.84 Å². The smallest absolute Gasteiger partial charge is 0.286 e. The summed E-state index contributed by atoms with van der Waals surface area (Å²) in [5, 5.41) is 23.0. The summed E-state index contributed by atoms with van der Waals surface area (Å²) in [4.78, 5) is 17.2. The molecule has 4 rings (SSSR count). The SMILES string of the molecule is O=c1c(C2=NS(=O)(=O)c3ccccc3N2)c(O)c2cccnc2n1CCCO. The molecule has 3 N–H and O–H groups in total. The zero-order valence-corrected chi connectivity index (χ0v) is 15.3. The lowest BCUT2D eigenvalue weighted by atomic mass is 10.1. The molecule has 28 heavy (non-hydrogen) atoms. The van der Waals surface area contributed by atoms with Crippen molar-refractivity contribution < 1.29 is 18.6 Å². The summed E-state index contributed by atoms with van der Waals surface area (Å²) in [5.74, 6) is -0.668. The Morgan fingerprint density at radius 3 is 2.71 bits per heavy atom. The number of rotatable bonds is 4. The van der Waals surface area contributed by atoms with Crippen molar-refractivity contribution in [1.82, 2.24) is 9.55 Å². The van der Waals surface area contributed by atoms with E-state index in [2.05, 4.69) is 14.7 Å². The minimum Gasteiger partial charge on any atom is -0.506 e. The summed E-state index contributed by atoms with van der Waals surface area (Å²) in [6.07, 6.45) is 1.77. The van der Waals surface area contributed by atoms with Gasteiger partial charge in [-0.2, -0.15) is 8.42 Å². The average Bonchev–Trinajstić information content (AvgIpc) is 2.68. The molecule has 1 aromatic carbocycles. The van der Waals surface area contributed by atoms with Crippen molar-refractivity contribution in [2.45, 2.75) is 17.9 Å². The van der Waals surface area contributed by atoms with E-state index in [0.29, 0.717) is 0 Å². The average molecular weight is 400 g/mol. The Morgan fingerprint density at radius 2 is 1.93 bits per heavy atom. The second-order valence-electron chi connectivity index (χ2n) is 6.17. The highest BCUT2D eigenvalue weighted by atomic mass is 32.2. The van der Waals surface area contributed by atoms with Crippen LogP contribution in [0.25, 0.3) is 11.0 Å². The normalized spacial score (nSPS) is 15.0. The van der Waals surface area contributed by atoms with E-state index < -0.39 is 21.3 Å². The number of para-hydroxylation sites is 1. The van der Waals surface area contributed by atoms with Crippen LogP contribution >= 0.6 is 0 Å². The first-order valence-corrected chi connectivity index (χ1v) is 9.91. The molecule has 0 unspecified atom stereocenters. The Bertz CT molecular complexity index is 1280. The first-order valence-electron chi connectivity index (χ1n) is 8.47. The molecule has 0 aliphatic carbocycles. The Morgan fingerprint density at radius 1 is 1.14 bits per heavy atom. The molecule has 2 aromatic heterocycles. The van der Waals surface area contributed by atoms with Gasteiger partial charge in [-0.25, -0.2) is 4.98 Å². The van der Waals surface area contributed by atoms with Crippen molar-refractivity contribution in [3.8, 4) is 5.75 Å². The van der Waals surface area contributed by atoms with Gasteiger partial charge >= 0.3 is 0 Å². The van der Waals surface area contributed by atoms with E-state index in [1.165, 1.54) is 16.8 Å². The molecule has 3 heterocycles. The summed E-state index contributed by atoms with van der Waals surface area (Å²) in [6, 6.07) is 9.33. The summed E-state index contributed by atoms with van der Waals surface area (Å²) in [6.45, 7) is 0.00463. The van der Waals surface area contributed by atoms with Crippen molar-refractivity contribution in [3.05, 3.63) is 58.5 Å². The number of aromatic nitrogens is 2. The number of amidine groups is 1. The number of hydrogen-bond donors (Lipinski definition) is 3. The van der Waals surface area contributed by atoms with Crippen molar-refractivity contribution in [2.24, 2.45) is 4.40 Å². The van der Waals surface area contributed by atoms with Gasteiger partial charge in [-0.3, -0.25) is 9.36 Å². The molecule has 1 aliphatic heterocycles. The number of nitrogens with one attached hydrogen (secondary N) is 1. The summed E-state index contributed by atoms with van der Waals surface area (Å²) < 4.78 is 30.1. The number of aromatic hydroxyl groups is 1. The highest BCUT2D eigenvalue weighted by molar-refractivity contribution is 7.90. The molecule has 0 bridgehead atoms. The standard InChI is InChI=1S/C18H16N4O5S/c23-10-4-9-22-17-11(5-3-8-19-17)15(24)14(18(22)25)16-20-12-6-1-2-7-13(12)28(26,27)21-16/h1-3,5-8,23-24H,4,9-10H2,(H,20,21). The minimum absolute atomic E-state index is 0.0127. The monoisotopic (exact) mass is 400 g/mol. The first kappa shape index (κ1) is 18.1. The molecule has 0 atom stereocenters. The summed E-state index contributed by atoms with van der Waals surface area (Å²) in [7, 11) is -4.05. The van der Waals surface area contributed by atoms with Gasteiger partial charge in [-0.15, -0.1) is 4.40 Å². The lowest BCUT2D eigenvalue weighted by Gasteiger charge is -2.20. The molecule has 0 spiro atoms. The zero-order chi connectivity index (χ0) is 19.9. The lowest BCUT2D eigenvalue weighted by molar-refractivity contribution is 0.279. The van der Waals surface area contributed by atoms with Gasteiger partial charge in [0.2, 0.25) is 0 Å². The van der Waals surface area contributed by atoms with Crippen LogP contribution in [0.1, 0.15) is 12.0 Å². The Hall–Kier alpha value is -3.24. The van der Waals surface area contributed by atoms with Crippen LogP contribution in [0, 0.1) is 0 Å². The van der Waals surface area contributed by atoms with Gasteiger partial charge in [0.25, 0.3) is 15.6 Å². The zero-order valence-electron chi connectivity index (χ0n) is 14.5. The predicted molar refractivity (Wildman–Crippen MR) is 103 cm³/mol. The number of aliphatic hydroxyl groups excluding tert-OH is 1. The molecule has 144 valence electrons. The number of pyridine rings is 2. The minimum atomic E-state index is -4.05. The van der Waals surface area contributed by atoms with Crippen molar-refractivity contribution in [2.75, 3.05) is 11.9 Å². The molecular weight excluding hydrogens is 384 g/mol. The molecule has 0 saturated heterocycles. The number of hydrogen-bond acceptors (Lipinski definition) is 7. The molecule has 10 heteroatoms. The topological polar surface area (TPSA) is 134 Å². The fraction of sp³-hybridized carbons (Fsp3) is 0.167. The Labute approximate surface area is 159 Å². The number of sulfonamides is 1. The van der Waals surface area contributed by atoms with Gasteiger partial charge in [-0.1, -0.05) is 12.1 Å². The largest absolute Gasteiger partial charge is 0.506 e. The van der Waals surface area contributed by atoms with E-state index in [0.717, 1.165) is 0 Å². The van der Waals surface area contributed by atoms with Crippen LogP contribution in [0.2, 0.25) is 0 Å². The maximum Gasteiger partial charge on any atom is 0.286 e. The van der Waals surface area contributed by atoms with Gasteiger partial charge in [0, 0.05) is 19.3 Å². The van der Waals surface area contributed by atoms with E-state index in [1.54, 1.807) is 30.3 Å². The van der Waals surface area contributed by atoms with E-state index in [9.17, 15) is 18.3 Å². The quantitative estimate of drug-likeness (QED) is 0.596. The number of benzene rings is 1. The number of fused-ring (bicyclic) bond motifs is 2. The number of aryl methyl sites for hydroxylation is 1. The van der Waals surface area contributed by atoms with E-state index in [-0.39, 0.29) is 52.6 Å². The highest BCUT2D eigenvalue weighted by Gasteiger charge is 2.29. The third kappa shape index (κ3) is 2.83. The van der Waals surface area contributed by atoms with E-state index in [1.807, 2.05) is 0 Å². The van der Waals surface area contributed by atoms with Crippen molar-refractivity contribution >= 4 is 32.6 Å². The highest BCUT2D eigenvalue weighted by Crippen LogP contribution is 2.31. The number of nitrogens with zero attached hydrogens (tertiary/aromatic N) is 3. The van der Waals surface area contributed by atoms with Gasteiger partial charge in [-0.05, 0) is 30.7 Å². The molecule has 3 aromatic rings. The molecule has 0 fully saturated rings. The molecule has 0 saturated carbocycles. The molecule has 1 aliphatic rings. The predicted octanol–water partition coefficient (Wildman–Crippen LogP) is 1.05. The molecule has 9 nitrogen and oxygen atoms in total. The fourth-order valence-electron chi connectivity index (χ4n) is 3.14. The van der Waals surface area contributed by atoms with Crippen LogP contribution in [-0.2, 0) is 16.6 Å². The second kappa shape index (κ2) is 6.73. The third-order valence-electron chi connectivity index (χ3n) is 4.40. The molecular formula is C18H16N4O5S. The lowest BCUT2D eigenvalue weighted by Crippen LogP contribution is -2.33. The van der Waals surface area contributed by atoms with Crippen LogP contribution in [0.15, 0.2) is 56.7 Å². The molecule has 0 radical (unpaired) electrons. The van der Waals surface area contributed by atoms with Crippen LogP contribution in [-0.4, -0.2) is 40.6 Å². The van der Waals surface area contributed by atoms with Gasteiger partial charge in [0.1, 0.15) is 21.9 Å². The van der Waals surface area contributed by atoms with Gasteiger partial charge in [0.05, 0.1) is 11.1 Å². The maximum absolute atomic E-state index is 13.1. The molecule has 0 amide bonds. The summed E-state index contributed by atoms with van der Waals surface area (Å²) >= 11 is 0. The first-order chi connectivity index (χ1) is 13.4. The Balaban J connectivity index is 2.00. The van der Waals surface area contributed by atoms with E-state index in [4.69, 9.17) is 5.11 Å². The maximum atomic E-state index is 13.1. The number of anilines is 1. The van der Waals surface area contributed by atoms with Crippen LogP contribution in [0.5, 0.6) is 5.75 Å². The van der Waals surface area contributed by atoms with Crippen molar-refractivity contribution in [1.29, 1.82) is 0 Å². The van der Waals surface area contributed by atoms with E-state index >= 15 is 0 Å². The van der Waals surface area contributed by atoms with Crippen LogP contribution in [0.4, 0.5) is 5.69 Å². The van der Waals surface area contributed by atoms with Crippen LogP contribution < -0.4 is 10.9 Å².